The number of carbonyl (C=O) groups excluding carboxylic acids is 1. The summed E-state index contributed by atoms with van der Waals surface area (Å²) in [6.07, 6.45) is 0. The number of fused-ring (bicyclic) bond motifs is 1. The molecule has 0 unspecified atom stereocenters. The molecule has 1 amide bonds. The molecule has 0 N–H and O–H groups in total. The van der Waals surface area contributed by atoms with Gasteiger partial charge in [-0.2, -0.15) is 0 Å². The van der Waals surface area contributed by atoms with Gasteiger partial charge in [0.1, 0.15) is 0 Å². The highest BCUT2D eigenvalue weighted by Crippen LogP contribution is 2.32. The Kier molecular flexibility index (Phi) is 5.71. The molecule has 1 saturated heterocycles. The molecule has 0 spiro atoms. The Morgan fingerprint density at radius 2 is 1.89 bits per heavy atom. The lowest BCUT2D eigenvalue weighted by Gasteiger charge is -2.29. The van der Waals surface area contributed by atoms with Gasteiger partial charge in [-0.05, 0) is 43.2 Å². The predicted octanol–water partition coefficient (Wildman–Crippen LogP) is 3.89. The molecule has 2 heterocycles. The van der Waals surface area contributed by atoms with Crippen LogP contribution in [0.1, 0.15) is 21.5 Å². The molecule has 1 aliphatic rings. The quantitative estimate of drug-likeness (QED) is 0.657. The zero-order valence-corrected chi connectivity index (χ0v) is 17.2. The fourth-order valence-electron chi connectivity index (χ4n) is 3.42. The largest absolute Gasteiger partial charge is 0.379 e. The number of aromatic nitrogens is 1. The maximum absolute atomic E-state index is 13.3. The summed E-state index contributed by atoms with van der Waals surface area (Å²) in [6.45, 7) is 8.95. The molecular weight excluding hydrogens is 370 g/mol. The maximum atomic E-state index is 13.3. The smallest absolute Gasteiger partial charge is 0.260 e. The highest BCUT2D eigenvalue weighted by atomic mass is 32.1. The van der Waals surface area contributed by atoms with E-state index in [0.717, 1.165) is 48.2 Å². The number of morpholine rings is 1. The maximum Gasteiger partial charge on any atom is 0.260 e. The van der Waals surface area contributed by atoms with Crippen LogP contribution in [0.15, 0.2) is 42.5 Å². The molecule has 1 fully saturated rings. The van der Waals surface area contributed by atoms with Crippen LogP contribution in [0.3, 0.4) is 0 Å². The van der Waals surface area contributed by atoms with Gasteiger partial charge in [-0.15, -0.1) is 0 Å². The van der Waals surface area contributed by atoms with Crippen molar-refractivity contribution in [2.75, 3.05) is 44.3 Å². The molecule has 0 atom stereocenters. The zero-order chi connectivity index (χ0) is 19.5. The number of aryl methyl sites for hydroxylation is 2. The summed E-state index contributed by atoms with van der Waals surface area (Å²) in [7, 11) is 0. The first kappa shape index (κ1) is 19.1. The van der Waals surface area contributed by atoms with Crippen molar-refractivity contribution in [2.24, 2.45) is 0 Å². The Bertz CT molecular complexity index is 965. The molecular formula is C22H25N3O2S. The Balaban J connectivity index is 1.65. The lowest BCUT2D eigenvalue weighted by molar-refractivity contribution is 0.0391. The van der Waals surface area contributed by atoms with Crippen molar-refractivity contribution in [3.05, 3.63) is 59.2 Å². The first-order chi connectivity index (χ1) is 13.6. The molecule has 0 radical (unpaired) electrons. The van der Waals surface area contributed by atoms with Crippen molar-refractivity contribution in [1.82, 2.24) is 9.88 Å². The van der Waals surface area contributed by atoms with Crippen molar-refractivity contribution < 1.29 is 9.53 Å². The number of ether oxygens (including phenoxy) is 1. The first-order valence-electron chi connectivity index (χ1n) is 9.67. The molecule has 3 aromatic rings. The third-order valence-electron chi connectivity index (χ3n) is 5.31. The first-order valence-corrected chi connectivity index (χ1v) is 10.5. The van der Waals surface area contributed by atoms with Crippen LogP contribution in [-0.2, 0) is 4.74 Å². The average Bonchev–Trinajstić information content (AvgIpc) is 3.17. The molecule has 0 aliphatic carbocycles. The van der Waals surface area contributed by atoms with E-state index in [0.29, 0.717) is 12.1 Å². The Morgan fingerprint density at radius 1 is 1.14 bits per heavy atom. The predicted molar refractivity (Wildman–Crippen MR) is 114 cm³/mol. The normalized spacial score (nSPS) is 15.1. The van der Waals surface area contributed by atoms with Gasteiger partial charge < -0.3 is 4.74 Å². The molecule has 0 bridgehead atoms. The lowest BCUT2D eigenvalue weighted by Crippen LogP contribution is -2.43. The Labute approximate surface area is 169 Å². The van der Waals surface area contributed by atoms with Gasteiger partial charge in [-0.3, -0.25) is 14.6 Å². The second-order valence-electron chi connectivity index (χ2n) is 7.13. The number of carbonyl (C=O) groups is 1. The Morgan fingerprint density at radius 3 is 2.64 bits per heavy atom. The van der Waals surface area contributed by atoms with Gasteiger partial charge in [0.05, 0.1) is 23.4 Å². The van der Waals surface area contributed by atoms with Crippen LogP contribution in [-0.4, -0.2) is 55.2 Å². The number of thiazole rings is 1. The van der Waals surface area contributed by atoms with Crippen molar-refractivity contribution in [3.63, 3.8) is 0 Å². The molecule has 1 aromatic heterocycles. The molecule has 2 aromatic carbocycles. The summed E-state index contributed by atoms with van der Waals surface area (Å²) in [6, 6.07) is 13.7. The molecule has 4 rings (SSSR count). The summed E-state index contributed by atoms with van der Waals surface area (Å²) in [5.74, 6) is 0.00212. The van der Waals surface area contributed by atoms with Crippen LogP contribution in [0.4, 0.5) is 5.13 Å². The van der Waals surface area contributed by atoms with Gasteiger partial charge in [0.15, 0.2) is 5.13 Å². The number of hydrogen-bond donors (Lipinski definition) is 0. The average molecular weight is 396 g/mol. The van der Waals surface area contributed by atoms with Crippen LogP contribution in [0.25, 0.3) is 10.2 Å². The van der Waals surface area contributed by atoms with Crippen LogP contribution < -0.4 is 4.90 Å². The van der Waals surface area contributed by atoms with E-state index in [1.165, 1.54) is 11.1 Å². The van der Waals surface area contributed by atoms with E-state index in [9.17, 15) is 4.79 Å². The minimum absolute atomic E-state index is 0.00212. The fourth-order valence-corrected chi connectivity index (χ4v) is 4.47. The van der Waals surface area contributed by atoms with Gasteiger partial charge in [-0.1, -0.05) is 35.6 Å². The summed E-state index contributed by atoms with van der Waals surface area (Å²) in [4.78, 5) is 22.3. The summed E-state index contributed by atoms with van der Waals surface area (Å²) < 4.78 is 6.56. The Hall–Kier alpha value is -2.28. The standard InChI is InChI=1S/C22H25N3O2S/c1-16-8-9-19-20(17(16)2)23-22(28-19)25(11-10-24-12-14-27-15-13-24)21(26)18-6-4-3-5-7-18/h3-9H,10-15H2,1-2H3. The van der Waals surface area contributed by atoms with Crippen LogP contribution >= 0.6 is 11.3 Å². The van der Waals surface area contributed by atoms with Gasteiger partial charge in [0.25, 0.3) is 5.91 Å². The third-order valence-corrected chi connectivity index (χ3v) is 6.36. The van der Waals surface area contributed by atoms with E-state index < -0.39 is 0 Å². The van der Waals surface area contributed by atoms with Gasteiger partial charge >= 0.3 is 0 Å². The van der Waals surface area contributed by atoms with Gasteiger partial charge in [-0.25, -0.2) is 4.98 Å². The highest BCUT2D eigenvalue weighted by molar-refractivity contribution is 7.22. The minimum Gasteiger partial charge on any atom is -0.379 e. The summed E-state index contributed by atoms with van der Waals surface area (Å²) >= 11 is 1.59. The topological polar surface area (TPSA) is 45.7 Å². The van der Waals surface area contributed by atoms with E-state index in [-0.39, 0.29) is 5.91 Å². The number of nitrogens with zero attached hydrogens (tertiary/aromatic N) is 3. The second kappa shape index (κ2) is 8.39. The van der Waals surface area contributed by atoms with Crippen molar-refractivity contribution in [3.8, 4) is 0 Å². The van der Waals surface area contributed by atoms with E-state index >= 15 is 0 Å². The van der Waals surface area contributed by atoms with Crippen molar-refractivity contribution in [1.29, 1.82) is 0 Å². The summed E-state index contributed by atoms with van der Waals surface area (Å²) in [5, 5.41) is 0.769. The van der Waals surface area contributed by atoms with E-state index in [1.807, 2.05) is 35.2 Å². The molecule has 6 heteroatoms. The molecule has 28 heavy (non-hydrogen) atoms. The van der Waals surface area contributed by atoms with Crippen LogP contribution in [0.5, 0.6) is 0 Å². The molecule has 0 saturated carbocycles. The number of amides is 1. The number of rotatable bonds is 5. The molecule has 5 nitrogen and oxygen atoms in total. The van der Waals surface area contributed by atoms with Gasteiger partial charge in [0.2, 0.25) is 0 Å². The van der Waals surface area contributed by atoms with E-state index in [1.54, 1.807) is 11.3 Å². The molecule has 146 valence electrons. The van der Waals surface area contributed by atoms with Gasteiger partial charge in [0, 0.05) is 31.7 Å². The zero-order valence-electron chi connectivity index (χ0n) is 16.4. The lowest BCUT2D eigenvalue weighted by atomic mass is 10.1. The van der Waals surface area contributed by atoms with E-state index in [2.05, 4.69) is 30.9 Å². The van der Waals surface area contributed by atoms with Crippen LogP contribution in [0, 0.1) is 13.8 Å². The SMILES string of the molecule is Cc1ccc2sc(N(CCN3CCOCC3)C(=O)c3ccccc3)nc2c1C. The number of hydrogen-bond acceptors (Lipinski definition) is 5. The third kappa shape index (κ3) is 3.94. The summed E-state index contributed by atoms with van der Waals surface area (Å²) in [5.41, 5.74) is 4.09. The van der Waals surface area contributed by atoms with E-state index in [4.69, 9.17) is 9.72 Å². The number of anilines is 1. The minimum atomic E-state index is 0.00212. The monoisotopic (exact) mass is 395 g/mol. The van der Waals surface area contributed by atoms with Crippen LogP contribution in [0.2, 0.25) is 0 Å². The fraction of sp³-hybridized carbons (Fsp3) is 0.364. The highest BCUT2D eigenvalue weighted by Gasteiger charge is 2.23. The van der Waals surface area contributed by atoms with Crippen molar-refractivity contribution in [2.45, 2.75) is 13.8 Å². The molecule has 1 aliphatic heterocycles. The number of benzene rings is 2. The second-order valence-corrected chi connectivity index (χ2v) is 8.14. The van der Waals surface area contributed by atoms with Crippen molar-refractivity contribution >= 4 is 32.6 Å².